The molecule has 20 heavy (non-hydrogen) atoms. The molecular weight excluding hydrogens is 266 g/mol. The summed E-state index contributed by atoms with van der Waals surface area (Å²) in [5.41, 5.74) is 0. The zero-order chi connectivity index (χ0) is 15.0. The number of nitrogens with one attached hydrogen (secondary N) is 1. The van der Waals surface area contributed by atoms with Crippen molar-refractivity contribution in [2.45, 2.75) is 101 Å². The van der Waals surface area contributed by atoms with Gasteiger partial charge in [0, 0.05) is 21.6 Å². The first-order valence-corrected chi connectivity index (χ1v) is 9.76. The predicted octanol–water partition coefficient (Wildman–Crippen LogP) is 4.40. The summed E-state index contributed by atoms with van der Waals surface area (Å²) in [6.45, 7) is 6.35. The number of hydrogen-bond donors (Lipinski definition) is 1. The van der Waals surface area contributed by atoms with Crippen LogP contribution >= 0.6 is 0 Å². The van der Waals surface area contributed by atoms with Crippen LogP contribution in [0.3, 0.4) is 0 Å². The quantitative estimate of drug-likeness (QED) is 0.819. The van der Waals surface area contributed by atoms with E-state index in [0.29, 0.717) is 11.3 Å². The number of rotatable bonds is 2. The van der Waals surface area contributed by atoms with Crippen molar-refractivity contribution in [2.75, 3.05) is 7.05 Å². The summed E-state index contributed by atoms with van der Waals surface area (Å²) in [5, 5.41) is 3.78. The summed E-state index contributed by atoms with van der Waals surface area (Å²) >= 11 is 0. The highest BCUT2D eigenvalue weighted by molar-refractivity contribution is 7.87. The smallest absolute Gasteiger partial charge is 0.0506 e. The Morgan fingerprint density at radius 2 is 1.30 bits per heavy atom. The first kappa shape index (κ1) is 18.2. The van der Waals surface area contributed by atoms with Crippen molar-refractivity contribution in [1.29, 1.82) is 0 Å². The molecule has 0 heterocycles. The molecular formula is C17H35NOS. The van der Waals surface area contributed by atoms with Crippen LogP contribution < -0.4 is 5.32 Å². The van der Waals surface area contributed by atoms with Gasteiger partial charge >= 0.3 is 0 Å². The fraction of sp³-hybridized carbons (Fsp3) is 1.00. The Balaban J connectivity index is 2.72. The highest BCUT2D eigenvalue weighted by Crippen LogP contribution is 2.26. The lowest BCUT2D eigenvalue weighted by Gasteiger charge is -2.32. The largest absolute Gasteiger partial charge is 0.316 e. The van der Waals surface area contributed by atoms with E-state index >= 15 is 0 Å². The van der Waals surface area contributed by atoms with Crippen LogP contribution in [0.2, 0.25) is 0 Å². The maximum atomic E-state index is 12.9. The Kier molecular flexibility index (Phi) is 8.35. The molecule has 0 amide bonds. The summed E-state index contributed by atoms with van der Waals surface area (Å²) < 4.78 is 12.8. The maximum absolute atomic E-state index is 12.9. The Labute approximate surface area is 128 Å². The molecule has 0 spiro atoms. The van der Waals surface area contributed by atoms with E-state index in [1.165, 1.54) is 57.8 Å². The summed E-state index contributed by atoms with van der Waals surface area (Å²) in [6, 6.07) is 0.425. The van der Waals surface area contributed by atoms with Crippen molar-refractivity contribution >= 4 is 10.8 Å². The van der Waals surface area contributed by atoms with Gasteiger partial charge in [-0.15, -0.1) is 0 Å². The average molecular weight is 302 g/mol. The molecule has 0 bridgehead atoms. The first-order valence-electron chi connectivity index (χ1n) is 8.54. The van der Waals surface area contributed by atoms with Gasteiger partial charge in [-0.3, -0.25) is 4.21 Å². The Morgan fingerprint density at radius 1 is 0.850 bits per heavy atom. The van der Waals surface area contributed by atoms with Crippen LogP contribution in [0, 0.1) is 0 Å². The van der Waals surface area contributed by atoms with E-state index in [2.05, 4.69) is 26.1 Å². The van der Waals surface area contributed by atoms with Crippen LogP contribution in [0.25, 0.3) is 0 Å². The highest BCUT2D eigenvalue weighted by atomic mass is 32.2. The minimum absolute atomic E-state index is 0.100. The average Bonchev–Trinajstić information content (AvgIpc) is 2.37. The monoisotopic (exact) mass is 301 g/mol. The van der Waals surface area contributed by atoms with Crippen molar-refractivity contribution in [3.05, 3.63) is 0 Å². The molecule has 0 aromatic rings. The van der Waals surface area contributed by atoms with E-state index in [0.717, 1.165) is 6.42 Å². The molecule has 0 aromatic heterocycles. The van der Waals surface area contributed by atoms with Crippen LogP contribution in [0.1, 0.15) is 85.0 Å². The fourth-order valence-electron chi connectivity index (χ4n) is 3.20. The molecule has 1 aliphatic carbocycles. The lowest BCUT2D eigenvalue weighted by atomic mass is 9.97. The van der Waals surface area contributed by atoms with Crippen molar-refractivity contribution in [3.8, 4) is 0 Å². The Bertz CT molecular complexity index is 285. The van der Waals surface area contributed by atoms with Crippen molar-refractivity contribution in [3.63, 3.8) is 0 Å². The molecule has 1 rings (SSSR count). The molecule has 1 fully saturated rings. The molecule has 3 heteroatoms. The standard InChI is InChI=1S/C17H35NOS/c1-17(2,3)20(19)16-14-12-10-8-6-5-7-9-11-13-15(16)18-4/h15-16,18H,5-14H2,1-4H3. The lowest BCUT2D eigenvalue weighted by molar-refractivity contribution is 0.425. The van der Waals surface area contributed by atoms with Gasteiger partial charge < -0.3 is 5.32 Å². The molecule has 1 saturated carbocycles. The second-order valence-corrected chi connectivity index (χ2v) is 9.67. The van der Waals surface area contributed by atoms with E-state index < -0.39 is 10.8 Å². The fourth-order valence-corrected chi connectivity index (χ4v) is 5.06. The van der Waals surface area contributed by atoms with Gasteiger partial charge in [-0.2, -0.15) is 0 Å². The molecule has 2 nitrogen and oxygen atoms in total. The summed E-state index contributed by atoms with van der Waals surface area (Å²) in [5.74, 6) is 0. The molecule has 3 unspecified atom stereocenters. The summed E-state index contributed by atoms with van der Waals surface area (Å²) in [6.07, 6.45) is 13.0. The summed E-state index contributed by atoms with van der Waals surface area (Å²) in [4.78, 5) is 0. The van der Waals surface area contributed by atoms with Gasteiger partial charge in [-0.1, -0.05) is 51.4 Å². The van der Waals surface area contributed by atoms with E-state index in [9.17, 15) is 4.21 Å². The molecule has 0 aliphatic heterocycles. The second kappa shape index (κ2) is 9.19. The van der Waals surface area contributed by atoms with Gasteiger partial charge in [-0.25, -0.2) is 0 Å². The number of hydrogen-bond acceptors (Lipinski definition) is 2. The molecule has 1 N–H and O–H groups in total. The SMILES string of the molecule is CNC1CCCCCCCCCCC1S(=O)C(C)(C)C. The zero-order valence-corrected chi connectivity index (χ0v) is 14.9. The van der Waals surface area contributed by atoms with Gasteiger partial charge in [0.05, 0.1) is 5.25 Å². The molecule has 0 saturated heterocycles. The minimum atomic E-state index is -0.758. The Hall–Kier alpha value is 0.110. The highest BCUT2D eigenvalue weighted by Gasteiger charge is 2.32. The van der Waals surface area contributed by atoms with E-state index in [1.54, 1.807) is 0 Å². The van der Waals surface area contributed by atoms with Crippen molar-refractivity contribution < 1.29 is 4.21 Å². The molecule has 0 radical (unpaired) electrons. The molecule has 120 valence electrons. The van der Waals surface area contributed by atoms with Gasteiger partial charge in [0.25, 0.3) is 0 Å². The van der Waals surface area contributed by atoms with Crippen LogP contribution in [0.4, 0.5) is 0 Å². The predicted molar refractivity (Wildman–Crippen MR) is 90.7 cm³/mol. The third-order valence-electron chi connectivity index (χ3n) is 4.45. The normalized spacial score (nSPS) is 29.2. The van der Waals surface area contributed by atoms with Crippen LogP contribution in [0.5, 0.6) is 0 Å². The van der Waals surface area contributed by atoms with Crippen molar-refractivity contribution in [2.24, 2.45) is 0 Å². The minimum Gasteiger partial charge on any atom is -0.316 e. The summed E-state index contributed by atoms with van der Waals surface area (Å²) in [7, 11) is 1.29. The third kappa shape index (κ3) is 6.26. The first-order chi connectivity index (χ1) is 9.46. The van der Waals surface area contributed by atoms with Crippen LogP contribution in [-0.2, 0) is 10.8 Å². The van der Waals surface area contributed by atoms with E-state index in [4.69, 9.17) is 0 Å². The van der Waals surface area contributed by atoms with Crippen molar-refractivity contribution in [1.82, 2.24) is 5.32 Å². The molecule has 0 aromatic carbocycles. The topological polar surface area (TPSA) is 29.1 Å². The van der Waals surface area contributed by atoms with E-state index in [-0.39, 0.29) is 4.75 Å². The lowest BCUT2D eigenvalue weighted by Crippen LogP contribution is -2.45. The van der Waals surface area contributed by atoms with Crippen LogP contribution in [-0.4, -0.2) is 27.3 Å². The van der Waals surface area contributed by atoms with Gasteiger partial charge in [0.2, 0.25) is 0 Å². The third-order valence-corrected chi connectivity index (χ3v) is 6.77. The van der Waals surface area contributed by atoms with Gasteiger partial charge in [-0.05, 0) is 40.7 Å². The van der Waals surface area contributed by atoms with Gasteiger partial charge in [0.1, 0.15) is 0 Å². The van der Waals surface area contributed by atoms with E-state index in [1.807, 2.05) is 7.05 Å². The van der Waals surface area contributed by atoms with Gasteiger partial charge in [0.15, 0.2) is 0 Å². The Morgan fingerprint density at radius 3 is 1.75 bits per heavy atom. The molecule has 3 atom stereocenters. The zero-order valence-electron chi connectivity index (χ0n) is 14.0. The maximum Gasteiger partial charge on any atom is 0.0506 e. The molecule has 1 aliphatic rings. The van der Waals surface area contributed by atoms with Crippen LogP contribution in [0.15, 0.2) is 0 Å². The second-order valence-electron chi connectivity index (χ2n) is 7.25.